The Hall–Kier alpha value is -2.35. The molecule has 2 amide bonds. The van der Waals surface area contributed by atoms with Gasteiger partial charge < -0.3 is 25.0 Å². The Morgan fingerprint density at radius 1 is 1.26 bits per heavy atom. The molecule has 1 saturated heterocycles. The van der Waals surface area contributed by atoms with Gasteiger partial charge in [-0.15, -0.1) is 0 Å². The number of nitrogens with zero attached hydrogens (tertiary/aromatic N) is 3. The Kier molecular flexibility index (Phi) is 5.07. The van der Waals surface area contributed by atoms with Gasteiger partial charge in [-0.1, -0.05) is 0 Å². The lowest BCUT2D eigenvalue weighted by molar-refractivity contribution is -0.177. The number of ether oxygens (including phenoxy) is 1. The second-order valence-corrected chi connectivity index (χ2v) is 10.2. The normalized spacial score (nSPS) is 35.8. The molecule has 2 heterocycles. The van der Waals surface area contributed by atoms with Crippen molar-refractivity contribution < 1.29 is 19.4 Å². The Morgan fingerprint density at radius 3 is 2.68 bits per heavy atom. The highest BCUT2D eigenvalue weighted by atomic mass is 16.6. The lowest BCUT2D eigenvalue weighted by Gasteiger charge is -2.57. The fraction of sp³-hybridized carbons (Fsp3) is 0.696. The van der Waals surface area contributed by atoms with Gasteiger partial charge in [0.25, 0.3) is 5.91 Å². The van der Waals surface area contributed by atoms with Gasteiger partial charge in [-0.05, 0) is 68.4 Å². The largest absolute Gasteiger partial charge is 0.446 e. The van der Waals surface area contributed by atoms with Gasteiger partial charge in [0.1, 0.15) is 11.9 Å². The first-order valence-electron chi connectivity index (χ1n) is 11.4. The van der Waals surface area contributed by atoms with E-state index in [9.17, 15) is 14.7 Å². The van der Waals surface area contributed by atoms with Crippen LogP contribution in [0.3, 0.4) is 0 Å². The maximum atomic E-state index is 12.9. The minimum atomic E-state index is -0.521. The van der Waals surface area contributed by atoms with Crippen molar-refractivity contribution in [2.24, 2.45) is 17.8 Å². The maximum Gasteiger partial charge on any atom is 0.410 e. The highest BCUT2D eigenvalue weighted by Crippen LogP contribution is 2.56. The smallest absolute Gasteiger partial charge is 0.410 e. The zero-order chi connectivity index (χ0) is 21.8. The molecule has 0 aromatic carbocycles. The summed E-state index contributed by atoms with van der Waals surface area (Å²) in [5, 5.41) is 14.1. The van der Waals surface area contributed by atoms with Crippen molar-refractivity contribution in [2.75, 3.05) is 32.5 Å². The molecule has 4 bridgehead atoms. The average Bonchev–Trinajstić information content (AvgIpc) is 3.18. The summed E-state index contributed by atoms with van der Waals surface area (Å²) in [6.07, 6.45) is 6.74. The number of anilines is 1. The third kappa shape index (κ3) is 3.86. The van der Waals surface area contributed by atoms with Crippen molar-refractivity contribution in [1.82, 2.24) is 14.8 Å². The first-order chi connectivity index (χ1) is 14.8. The topological polar surface area (TPSA) is 95.0 Å². The number of aromatic nitrogens is 1. The van der Waals surface area contributed by atoms with Gasteiger partial charge in [0, 0.05) is 39.4 Å². The van der Waals surface area contributed by atoms with Crippen LogP contribution in [0.2, 0.25) is 0 Å². The Labute approximate surface area is 182 Å². The first-order valence-corrected chi connectivity index (χ1v) is 11.4. The number of carbonyl (C=O) groups is 2. The first kappa shape index (κ1) is 20.5. The van der Waals surface area contributed by atoms with Crippen LogP contribution in [-0.2, 0) is 4.74 Å². The van der Waals surface area contributed by atoms with Gasteiger partial charge in [0.15, 0.2) is 0 Å². The van der Waals surface area contributed by atoms with Crippen molar-refractivity contribution in [3.63, 3.8) is 0 Å². The average molecular weight is 429 g/mol. The van der Waals surface area contributed by atoms with E-state index in [0.29, 0.717) is 42.2 Å². The zero-order valence-electron chi connectivity index (χ0n) is 18.3. The van der Waals surface area contributed by atoms with Gasteiger partial charge in [0.05, 0.1) is 11.2 Å². The minimum absolute atomic E-state index is 0.0235. The highest BCUT2D eigenvalue weighted by molar-refractivity contribution is 5.98. The lowest BCUT2D eigenvalue weighted by Crippen LogP contribution is -2.58. The molecule has 6 atom stereocenters. The quantitative estimate of drug-likeness (QED) is 0.764. The molecule has 0 spiro atoms. The second kappa shape index (κ2) is 7.65. The number of amides is 2. The van der Waals surface area contributed by atoms with E-state index in [0.717, 1.165) is 38.5 Å². The molecule has 168 valence electrons. The number of rotatable bonds is 4. The van der Waals surface area contributed by atoms with E-state index in [-0.39, 0.29) is 24.1 Å². The lowest BCUT2D eigenvalue weighted by atomic mass is 9.53. The van der Waals surface area contributed by atoms with E-state index < -0.39 is 5.60 Å². The van der Waals surface area contributed by atoms with Crippen molar-refractivity contribution >= 4 is 17.8 Å². The molecule has 31 heavy (non-hydrogen) atoms. The van der Waals surface area contributed by atoms with Crippen LogP contribution >= 0.6 is 0 Å². The molecule has 4 saturated carbocycles. The predicted molar refractivity (Wildman–Crippen MR) is 115 cm³/mol. The van der Waals surface area contributed by atoms with E-state index in [1.165, 1.54) is 4.90 Å². The summed E-state index contributed by atoms with van der Waals surface area (Å²) in [7, 11) is 3.43. The number of hydrogen-bond acceptors (Lipinski definition) is 6. The van der Waals surface area contributed by atoms with Gasteiger partial charge in [-0.25, -0.2) is 9.78 Å². The molecule has 4 unspecified atom stereocenters. The van der Waals surface area contributed by atoms with Crippen LogP contribution in [0.15, 0.2) is 18.3 Å². The second-order valence-electron chi connectivity index (χ2n) is 10.2. The summed E-state index contributed by atoms with van der Waals surface area (Å²) in [4.78, 5) is 33.0. The van der Waals surface area contributed by atoms with E-state index in [4.69, 9.17) is 4.74 Å². The SMILES string of the molecule is CN(C)C(=O)c1cccnc1N[C@@H]1CCN(C(=O)OC2C3CC4C[C@H]2CC(O)(C4)C3)C1. The van der Waals surface area contributed by atoms with Crippen LogP contribution in [0, 0.1) is 17.8 Å². The standard InChI is InChI=1S/C23H32N4O4/c1-26(2)21(28)18-4-3-6-24-20(18)25-17-5-7-27(13-17)22(29)31-19-15-8-14-9-16(19)12-23(30,10-14)11-15/h3-4,6,14-17,19,30H,5,7-13H2,1-2H3,(H,24,25)/t14?,15-,16?,17+,19?,23?/m0/s1. The molecule has 8 heteroatoms. The predicted octanol–water partition coefficient (Wildman–Crippen LogP) is 2.35. The molecule has 0 radical (unpaired) electrons. The minimum Gasteiger partial charge on any atom is -0.446 e. The molecule has 8 nitrogen and oxygen atoms in total. The number of likely N-dealkylation sites (tertiary alicyclic amines) is 1. The van der Waals surface area contributed by atoms with Gasteiger partial charge in [-0.2, -0.15) is 0 Å². The summed E-state index contributed by atoms with van der Waals surface area (Å²) in [5.41, 5.74) is 0.00645. The number of hydrogen-bond donors (Lipinski definition) is 2. The molecule has 6 rings (SSSR count). The Morgan fingerprint density at radius 2 is 2.00 bits per heavy atom. The van der Waals surface area contributed by atoms with E-state index in [2.05, 4.69) is 10.3 Å². The highest BCUT2D eigenvalue weighted by Gasteiger charge is 2.56. The van der Waals surface area contributed by atoms with Crippen LogP contribution in [-0.4, -0.2) is 76.8 Å². The molecule has 4 aliphatic carbocycles. The molecule has 1 aromatic heterocycles. The van der Waals surface area contributed by atoms with E-state index in [1.807, 2.05) is 0 Å². The summed E-state index contributed by atoms with van der Waals surface area (Å²) in [6.45, 7) is 1.15. The Balaban J connectivity index is 1.19. The van der Waals surface area contributed by atoms with Crippen LogP contribution < -0.4 is 5.32 Å². The third-order valence-electron chi connectivity index (χ3n) is 7.62. The fourth-order valence-electron chi connectivity index (χ4n) is 6.49. The monoisotopic (exact) mass is 428 g/mol. The van der Waals surface area contributed by atoms with Crippen LogP contribution in [0.5, 0.6) is 0 Å². The number of aliphatic hydroxyl groups is 1. The molecule has 1 aromatic rings. The maximum absolute atomic E-state index is 12.9. The number of carbonyl (C=O) groups excluding carboxylic acids is 2. The van der Waals surface area contributed by atoms with E-state index in [1.54, 1.807) is 37.3 Å². The summed E-state index contributed by atoms with van der Waals surface area (Å²) in [6, 6.07) is 3.54. The van der Waals surface area contributed by atoms with E-state index >= 15 is 0 Å². The van der Waals surface area contributed by atoms with Crippen molar-refractivity contribution in [2.45, 2.75) is 56.3 Å². The van der Waals surface area contributed by atoms with Crippen molar-refractivity contribution in [3.05, 3.63) is 23.9 Å². The third-order valence-corrected chi connectivity index (χ3v) is 7.62. The van der Waals surface area contributed by atoms with Crippen LogP contribution in [0.25, 0.3) is 0 Å². The Bertz CT molecular complexity index is 859. The van der Waals surface area contributed by atoms with Crippen molar-refractivity contribution in [1.29, 1.82) is 0 Å². The molecule has 5 aliphatic rings. The number of pyridine rings is 1. The van der Waals surface area contributed by atoms with Crippen LogP contribution in [0.1, 0.15) is 48.9 Å². The van der Waals surface area contributed by atoms with Crippen molar-refractivity contribution in [3.8, 4) is 0 Å². The summed E-state index contributed by atoms with van der Waals surface area (Å²) in [5.74, 6) is 1.63. The summed E-state index contributed by atoms with van der Waals surface area (Å²) >= 11 is 0. The zero-order valence-corrected chi connectivity index (χ0v) is 18.3. The van der Waals surface area contributed by atoms with Crippen LogP contribution in [0.4, 0.5) is 10.6 Å². The molecule has 5 fully saturated rings. The molecular formula is C23H32N4O4. The van der Waals surface area contributed by atoms with Gasteiger partial charge in [0.2, 0.25) is 0 Å². The molecular weight excluding hydrogens is 396 g/mol. The van der Waals surface area contributed by atoms with Gasteiger partial charge in [-0.3, -0.25) is 4.79 Å². The molecule has 1 aliphatic heterocycles. The van der Waals surface area contributed by atoms with Gasteiger partial charge >= 0.3 is 6.09 Å². The molecule has 2 N–H and O–H groups in total. The summed E-state index contributed by atoms with van der Waals surface area (Å²) < 4.78 is 6.02. The fourth-order valence-corrected chi connectivity index (χ4v) is 6.49. The number of nitrogens with one attached hydrogen (secondary N) is 1.